The Morgan fingerprint density at radius 2 is 2.21 bits per heavy atom. The first-order chi connectivity index (χ1) is 9.24. The maximum absolute atomic E-state index is 4.28. The number of fused-ring (bicyclic) bond motifs is 1. The van der Waals surface area contributed by atoms with Crippen molar-refractivity contribution in [2.45, 2.75) is 19.5 Å². The Labute approximate surface area is 110 Å². The van der Waals surface area contributed by atoms with Crippen molar-refractivity contribution in [2.24, 2.45) is 7.05 Å². The van der Waals surface area contributed by atoms with Gasteiger partial charge in [0.05, 0.1) is 18.1 Å². The number of aryl methyl sites for hydroxylation is 1. The molecular weight excluding hydrogens is 242 g/mol. The summed E-state index contributed by atoms with van der Waals surface area (Å²) in [5.41, 5.74) is 0.823. The Kier molecular flexibility index (Phi) is 2.86. The maximum Gasteiger partial charge on any atom is 0.163 e. The topological polar surface area (TPSA) is 73.5 Å². The molecule has 1 atom stereocenters. The van der Waals surface area contributed by atoms with Gasteiger partial charge in [-0.2, -0.15) is 10.2 Å². The zero-order valence-corrected chi connectivity index (χ0v) is 10.9. The van der Waals surface area contributed by atoms with Crippen LogP contribution in [0.3, 0.4) is 0 Å². The van der Waals surface area contributed by atoms with Gasteiger partial charge in [-0.15, -0.1) is 0 Å². The summed E-state index contributed by atoms with van der Waals surface area (Å²) in [6.45, 7) is 2.87. The molecule has 0 amide bonds. The monoisotopic (exact) mass is 257 g/mol. The normalized spacial score (nSPS) is 12.7. The zero-order valence-electron chi connectivity index (χ0n) is 10.9. The second-order valence-electron chi connectivity index (χ2n) is 4.50. The number of aromatic nitrogens is 6. The molecule has 0 saturated heterocycles. The van der Waals surface area contributed by atoms with Crippen molar-refractivity contribution in [2.75, 3.05) is 5.32 Å². The largest absolute Gasteiger partial charge is 0.365 e. The molecular formula is C12H15N7. The smallest absolute Gasteiger partial charge is 0.163 e. The fraction of sp³-hybridized carbons (Fsp3) is 0.333. The molecule has 7 heteroatoms. The van der Waals surface area contributed by atoms with Gasteiger partial charge in [-0.25, -0.2) is 9.97 Å². The summed E-state index contributed by atoms with van der Waals surface area (Å²) < 4.78 is 3.62. The quantitative estimate of drug-likeness (QED) is 0.756. The third-order valence-electron chi connectivity index (χ3n) is 2.93. The molecule has 19 heavy (non-hydrogen) atoms. The predicted molar refractivity (Wildman–Crippen MR) is 71.6 cm³/mol. The standard InChI is InChI=1S/C12H15N7/c1-9(7-19-5-3-4-15-19)17-11-10-6-16-18(2)12(10)14-8-13-11/h3-6,8-9H,7H2,1-2H3,(H,13,14,17)/t9-/m1/s1. The number of rotatable bonds is 4. The highest BCUT2D eigenvalue weighted by Crippen LogP contribution is 2.18. The number of nitrogens with zero attached hydrogens (tertiary/aromatic N) is 6. The second-order valence-corrected chi connectivity index (χ2v) is 4.50. The first kappa shape index (κ1) is 11.6. The van der Waals surface area contributed by atoms with Crippen molar-refractivity contribution in [1.82, 2.24) is 29.5 Å². The van der Waals surface area contributed by atoms with Crippen molar-refractivity contribution in [1.29, 1.82) is 0 Å². The molecule has 98 valence electrons. The average Bonchev–Trinajstić information content (AvgIpc) is 3.01. The summed E-state index contributed by atoms with van der Waals surface area (Å²) >= 11 is 0. The molecule has 0 aliphatic rings. The molecule has 3 aromatic rings. The average molecular weight is 257 g/mol. The van der Waals surface area contributed by atoms with Crippen LogP contribution in [0, 0.1) is 0 Å². The summed E-state index contributed by atoms with van der Waals surface area (Å²) in [5.74, 6) is 0.803. The van der Waals surface area contributed by atoms with Crippen molar-refractivity contribution in [3.05, 3.63) is 31.0 Å². The lowest BCUT2D eigenvalue weighted by Gasteiger charge is -2.14. The highest BCUT2D eigenvalue weighted by atomic mass is 15.3. The molecule has 3 heterocycles. The molecule has 3 aromatic heterocycles. The van der Waals surface area contributed by atoms with E-state index in [4.69, 9.17) is 0 Å². The molecule has 0 saturated carbocycles. The van der Waals surface area contributed by atoms with Gasteiger partial charge in [-0.05, 0) is 13.0 Å². The Hall–Kier alpha value is -2.44. The van der Waals surface area contributed by atoms with Crippen molar-refractivity contribution >= 4 is 16.9 Å². The van der Waals surface area contributed by atoms with E-state index in [2.05, 4.69) is 32.4 Å². The van der Waals surface area contributed by atoms with Crippen LogP contribution in [0.15, 0.2) is 31.0 Å². The zero-order chi connectivity index (χ0) is 13.2. The molecule has 0 spiro atoms. The summed E-state index contributed by atoms with van der Waals surface area (Å²) in [6.07, 6.45) is 7.04. The van der Waals surface area contributed by atoms with Gasteiger partial charge in [0, 0.05) is 25.5 Å². The number of hydrogen-bond donors (Lipinski definition) is 1. The van der Waals surface area contributed by atoms with Crippen LogP contribution in [0.25, 0.3) is 11.0 Å². The first-order valence-corrected chi connectivity index (χ1v) is 6.10. The lowest BCUT2D eigenvalue weighted by molar-refractivity contribution is 0.560. The van der Waals surface area contributed by atoms with Gasteiger partial charge in [0.1, 0.15) is 12.1 Å². The van der Waals surface area contributed by atoms with E-state index in [9.17, 15) is 0 Å². The van der Waals surface area contributed by atoms with Gasteiger partial charge < -0.3 is 5.32 Å². The third kappa shape index (κ3) is 2.26. The molecule has 7 nitrogen and oxygen atoms in total. The Morgan fingerprint density at radius 3 is 3.00 bits per heavy atom. The lowest BCUT2D eigenvalue weighted by Crippen LogP contribution is -2.22. The Bertz CT molecular complexity index is 671. The van der Waals surface area contributed by atoms with E-state index in [0.29, 0.717) is 0 Å². The summed E-state index contributed by atoms with van der Waals surface area (Å²) in [4.78, 5) is 8.50. The molecule has 0 aliphatic carbocycles. The number of hydrogen-bond acceptors (Lipinski definition) is 5. The van der Waals surface area contributed by atoms with E-state index in [-0.39, 0.29) is 6.04 Å². The fourth-order valence-corrected chi connectivity index (χ4v) is 2.05. The van der Waals surface area contributed by atoms with E-state index in [1.165, 1.54) is 0 Å². The molecule has 0 bridgehead atoms. The van der Waals surface area contributed by atoms with Crippen LogP contribution in [-0.2, 0) is 13.6 Å². The molecule has 0 unspecified atom stereocenters. The minimum Gasteiger partial charge on any atom is -0.365 e. The Morgan fingerprint density at radius 1 is 1.32 bits per heavy atom. The van der Waals surface area contributed by atoms with Crippen molar-refractivity contribution in [3.8, 4) is 0 Å². The maximum atomic E-state index is 4.28. The van der Waals surface area contributed by atoms with Crippen LogP contribution in [0.4, 0.5) is 5.82 Å². The van der Waals surface area contributed by atoms with E-state index in [1.54, 1.807) is 23.4 Å². The summed E-state index contributed by atoms with van der Waals surface area (Å²) in [5, 5.41) is 12.7. The van der Waals surface area contributed by atoms with Crippen molar-refractivity contribution < 1.29 is 0 Å². The van der Waals surface area contributed by atoms with Crippen molar-refractivity contribution in [3.63, 3.8) is 0 Å². The summed E-state index contributed by atoms with van der Waals surface area (Å²) in [7, 11) is 1.87. The van der Waals surface area contributed by atoms with Crippen LogP contribution >= 0.6 is 0 Å². The fourth-order valence-electron chi connectivity index (χ4n) is 2.05. The molecule has 0 fully saturated rings. The van der Waals surface area contributed by atoms with E-state index < -0.39 is 0 Å². The van der Waals surface area contributed by atoms with Crippen LogP contribution in [-0.4, -0.2) is 35.6 Å². The molecule has 0 radical (unpaired) electrons. The van der Waals surface area contributed by atoms with E-state index in [0.717, 1.165) is 23.4 Å². The van der Waals surface area contributed by atoms with E-state index in [1.807, 2.05) is 24.0 Å². The van der Waals surface area contributed by atoms with E-state index >= 15 is 0 Å². The highest BCUT2D eigenvalue weighted by Gasteiger charge is 2.10. The van der Waals surface area contributed by atoms with Crippen LogP contribution < -0.4 is 5.32 Å². The van der Waals surface area contributed by atoms with Crippen LogP contribution in [0.2, 0.25) is 0 Å². The molecule has 1 N–H and O–H groups in total. The molecule has 3 rings (SSSR count). The minimum absolute atomic E-state index is 0.207. The van der Waals surface area contributed by atoms with Gasteiger partial charge >= 0.3 is 0 Å². The third-order valence-corrected chi connectivity index (χ3v) is 2.93. The van der Waals surface area contributed by atoms with Gasteiger partial charge in [0.25, 0.3) is 0 Å². The second kappa shape index (κ2) is 4.68. The van der Waals surface area contributed by atoms with Crippen LogP contribution in [0.5, 0.6) is 0 Å². The number of nitrogens with one attached hydrogen (secondary N) is 1. The highest BCUT2D eigenvalue weighted by molar-refractivity contribution is 5.86. The Balaban J connectivity index is 1.81. The SMILES string of the molecule is C[C@H](Cn1cccn1)Nc1ncnc2c1cnn2C. The van der Waals surface area contributed by atoms with Gasteiger partial charge in [0.15, 0.2) is 5.65 Å². The van der Waals surface area contributed by atoms with Gasteiger partial charge in [0.2, 0.25) is 0 Å². The van der Waals surface area contributed by atoms with Gasteiger partial charge in [-0.1, -0.05) is 0 Å². The molecule has 0 aliphatic heterocycles. The summed E-state index contributed by atoms with van der Waals surface area (Å²) in [6, 6.07) is 2.12. The molecule has 0 aromatic carbocycles. The number of anilines is 1. The van der Waals surface area contributed by atoms with Crippen LogP contribution in [0.1, 0.15) is 6.92 Å². The van der Waals surface area contributed by atoms with Gasteiger partial charge in [-0.3, -0.25) is 9.36 Å². The first-order valence-electron chi connectivity index (χ1n) is 6.10. The lowest BCUT2D eigenvalue weighted by atomic mass is 10.3. The minimum atomic E-state index is 0.207. The predicted octanol–water partition coefficient (Wildman–Crippen LogP) is 1.06.